The van der Waals surface area contributed by atoms with Gasteiger partial charge in [-0.2, -0.15) is 0 Å². The minimum Gasteiger partial charge on any atom is -0.495 e. The number of anilines is 1. The summed E-state index contributed by atoms with van der Waals surface area (Å²) in [4.78, 5) is 47.2. The molecule has 0 saturated carbocycles. The summed E-state index contributed by atoms with van der Waals surface area (Å²) in [6.07, 6.45) is 4.40. The minimum absolute atomic E-state index is 0.144. The number of amides is 2. The van der Waals surface area contributed by atoms with Crippen molar-refractivity contribution in [3.8, 4) is 5.75 Å². The number of nitro benzene ring substituents is 1. The number of piperazine rings is 1. The van der Waals surface area contributed by atoms with E-state index in [0.29, 0.717) is 31.9 Å². The number of carbonyl (C=O) groups excluding carboxylic acids is 2. The molecule has 2 amide bonds. The third-order valence-electron chi connectivity index (χ3n) is 4.96. The fraction of sp³-hybridized carbons (Fsp3) is 0.368. The monoisotopic (exact) mass is 414 g/mol. The van der Waals surface area contributed by atoms with E-state index >= 15 is 0 Å². The lowest BCUT2D eigenvalue weighted by molar-refractivity contribution is -0.384. The lowest BCUT2D eigenvalue weighted by Gasteiger charge is -2.37. The number of benzene rings is 1. The van der Waals surface area contributed by atoms with E-state index in [2.05, 4.69) is 15.3 Å². The van der Waals surface area contributed by atoms with Gasteiger partial charge in [-0.3, -0.25) is 29.6 Å². The molecule has 0 aliphatic carbocycles. The van der Waals surface area contributed by atoms with E-state index < -0.39 is 11.0 Å². The quantitative estimate of drug-likeness (QED) is 0.551. The van der Waals surface area contributed by atoms with Crippen LogP contribution in [0, 0.1) is 10.1 Å². The number of carbonyl (C=O) groups is 2. The number of aromatic nitrogens is 2. The summed E-state index contributed by atoms with van der Waals surface area (Å²) in [6.45, 7) is 3.67. The number of rotatable bonds is 6. The highest BCUT2D eigenvalue weighted by Crippen LogP contribution is 2.29. The molecule has 11 heteroatoms. The molecule has 0 bridgehead atoms. The molecular weight excluding hydrogens is 392 g/mol. The molecule has 1 aliphatic rings. The van der Waals surface area contributed by atoms with Gasteiger partial charge >= 0.3 is 0 Å². The molecule has 1 aliphatic heterocycles. The smallest absolute Gasteiger partial charge is 0.274 e. The van der Waals surface area contributed by atoms with E-state index in [1.165, 1.54) is 43.9 Å². The SMILES string of the molecule is COc1ccc([N+](=O)[O-])cc1NC(=O)C(C)N1CCN(C(=O)c2cnccn2)CC1. The zero-order valence-electron chi connectivity index (χ0n) is 16.6. The third-order valence-corrected chi connectivity index (χ3v) is 4.96. The highest BCUT2D eigenvalue weighted by Gasteiger charge is 2.29. The Morgan fingerprint density at radius 2 is 1.97 bits per heavy atom. The molecule has 30 heavy (non-hydrogen) atoms. The summed E-state index contributed by atoms with van der Waals surface area (Å²) in [5.74, 6) is -0.177. The van der Waals surface area contributed by atoms with Gasteiger partial charge in [0, 0.05) is 50.7 Å². The minimum atomic E-state index is -0.536. The zero-order chi connectivity index (χ0) is 21.7. The van der Waals surface area contributed by atoms with Crippen molar-refractivity contribution in [2.75, 3.05) is 38.6 Å². The van der Waals surface area contributed by atoms with E-state index in [0.717, 1.165) is 0 Å². The van der Waals surface area contributed by atoms with Gasteiger partial charge in [0.2, 0.25) is 5.91 Å². The van der Waals surface area contributed by atoms with E-state index in [1.807, 2.05) is 4.90 Å². The van der Waals surface area contributed by atoms with Crippen LogP contribution in [0.3, 0.4) is 0 Å². The molecule has 3 rings (SSSR count). The van der Waals surface area contributed by atoms with Crippen molar-refractivity contribution in [3.05, 3.63) is 52.6 Å². The fourth-order valence-corrected chi connectivity index (χ4v) is 3.19. The van der Waals surface area contributed by atoms with Crippen molar-refractivity contribution in [2.45, 2.75) is 13.0 Å². The van der Waals surface area contributed by atoms with Crippen molar-refractivity contribution in [3.63, 3.8) is 0 Å². The van der Waals surface area contributed by atoms with Crippen molar-refractivity contribution >= 4 is 23.2 Å². The molecule has 0 spiro atoms. The van der Waals surface area contributed by atoms with Gasteiger partial charge in [-0.25, -0.2) is 4.98 Å². The first-order valence-corrected chi connectivity index (χ1v) is 9.33. The van der Waals surface area contributed by atoms with Gasteiger partial charge in [0.05, 0.1) is 30.0 Å². The van der Waals surface area contributed by atoms with Crippen molar-refractivity contribution in [1.82, 2.24) is 19.8 Å². The van der Waals surface area contributed by atoms with Crippen LogP contribution < -0.4 is 10.1 Å². The summed E-state index contributed by atoms with van der Waals surface area (Å²) in [5, 5.41) is 13.7. The van der Waals surface area contributed by atoms with Crippen molar-refractivity contribution < 1.29 is 19.2 Å². The van der Waals surface area contributed by atoms with Crippen LogP contribution in [0.2, 0.25) is 0 Å². The van der Waals surface area contributed by atoms with E-state index in [9.17, 15) is 19.7 Å². The Kier molecular flexibility index (Phi) is 6.52. The summed E-state index contributed by atoms with van der Waals surface area (Å²) in [6, 6.07) is 3.52. The van der Waals surface area contributed by atoms with Gasteiger partial charge < -0.3 is 15.0 Å². The second-order valence-electron chi connectivity index (χ2n) is 6.73. The molecule has 1 N–H and O–H groups in total. The number of nitrogens with one attached hydrogen (secondary N) is 1. The molecule has 2 heterocycles. The largest absolute Gasteiger partial charge is 0.495 e. The Bertz CT molecular complexity index is 930. The summed E-state index contributed by atoms with van der Waals surface area (Å²) in [7, 11) is 1.42. The first kappa shape index (κ1) is 21.1. The Hall–Kier alpha value is -3.60. The molecule has 158 valence electrons. The number of non-ortho nitro benzene ring substituents is 1. The Morgan fingerprint density at radius 1 is 1.23 bits per heavy atom. The number of methoxy groups -OCH3 is 1. The van der Waals surface area contributed by atoms with Gasteiger partial charge in [0.15, 0.2) is 0 Å². The molecular formula is C19H22N6O5. The van der Waals surface area contributed by atoms with Crippen molar-refractivity contribution in [1.29, 1.82) is 0 Å². The lowest BCUT2D eigenvalue weighted by Crippen LogP contribution is -2.54. The molecule has 1 saturated heterocycles. The maximum atomic E-state index is 12.7. The average molecular weight is 414 g/mol. The number of nitrogens with zero attached hydrogens (tertiary/aromatic N) is 5. The standard InChI is InChI=1S/C19H22N6O5/c1-13(18(26)22-15-11-14(25(28)29)3-4-17(15)30-2)23-7-9-24(10-8-23)19(27)16-12-20-5-6-21-16/h3-6,11-13H,7-10H2,1-2H3,(H,22,26). The van der Waals surface area contributed by atoms with Gasteiger partial charge in [0.25, 0.3) is 11.6 Å². The van der Waals surface area contributed by atoms with E-state index in [1.54, 1.807) is 11.8 Å². The third kappa shape index (κ3) is 4.69. The van der Waals surface area contributed by atoms with Crippen LogP contribution in [0.5, 0.6) is 5.75 Å². The number of hydrogen-bond acceptors (Lipinski definition) is 8. The predicted molar refractivity (Wildman–Crippen MR) is 107 cm³/mol. The molecule has 11 nitrogen and oxygen atoms in total. The van der Waals surface area contributed by atoms with Gasteiger partial charge in [0.1, 0.15) is 11.4 Å². The number of ether oxygens (including phenoxy) is 1. The Balaban J connectivity index is 1.61. The maximum Gasteiger partial charge on any atom is 0.274 e. The number of hydrogen-bond donors (Lipinski definition) is 1. The number of nitro groups is 1. The van der Waals surface area contributed by atoms with Crippen LogP contribution in [-0.4, -0.2) is 75.8 Å². The molecule has 1 aromatic carbocycles. The first-order chi connectivity index (χ1) is 14.4. The molecule has 1 aromatic heterocycles. The van der Waals surface area contributed by atoms with Crippen molar-refractivity contribution in [2.24, 2.45) is 0 Å². The molecule has 0 radical (unpaired) electrons. The van der Waals surface area contributed by atoms with Crippen LogP contribution in [0.4, 0.5) is 11.4 Å². The van der Waals surface area contributed by atoms with Crippen LogP contribution in [0.25, 0.3) is 0 Å². The van der Waals surface area contributed by atoms with Crippen LogP contribution >= 0.6 is 0 Å². The van der Waals surface area contributed by atoms with Crippen LogP contribution in [0.1, 0.15) is 17.4 Å². The Morgan fingerprint density at radius 3 is 2.57 bits per heavy atom. The first-order valence-electron chi connectivity index (χ1n) is 9.33. The molecule has 2 aromatic rings. The van der Waals surface area contributed by atoms with E-state index in [-0.39, 0.29) is 28.9 Å². The predicted octanol–water partition coefficient (Wildman–Crippen LogP) is 1.18. The second kappa shape index (κ2) is 9.27. The molecule has 1 atom stereocenters. The summed E-state index contributed by atoms with van der Waals surface area (Å²) >= 11 is 0. The fourth-order valence-electron chi connectivity index (χ4n) is 3.19. The Labute approximate surface area is 172 Å². The maximum absolute atomic E-state index is 12.7. The van der Waals surface area contributed by atoms with Gasteiger partial charge in [-0.15, -0.1) is 0 Å². The average Bonchev–Trinajstić information content (AvgIpc) is 2.78. The topological polar surface area (TPSA) is 131 Å². The van der Waals surface area contributed by atoms with Crippen LogP contribution in [-0.2, 0) is 4.79 Å². The van der Waals surface area contributed by atoms with Gasteiger partial charge in [-0.1, -0.05) is 0 Å². The van der Waals surface area contributed by atoms with Crippen LogP contribution in [0.15, 0.2) is 36.8 Å². The molecule has 1 fully saturated rings. The highest BCUT2D eigenvalue weighted by atomic mass is 16.6. The highest BCUT2D eigenvalue weighted by molar-refractivity contribution is 5.96. The van der Waals surface area contributed by atoms with E-state index in [4.69, 9.17) is 4.74 Å². The van der Waals surface area contributed by atoms with Gasteiger partial charge in [-0.05, 0) is 13.0 Å². The summed E-state index contributed by atoms with van der Waals surface area (Å²) in [5.41, 5.74) is 0.379. The molecule has 1 unspecified atom stereocenters. The summed E-state index contributed by atoms with van der Waals surface area (Å²) < 4.78 is 5.18. The normalized spacial score (nSPS) is 15.3. The lowest BCUT2D eigenvalue weighted by atomic mass is 10.2. The second-order valence-corrected chi connectivity index (χ2v) is 6.73. The zero-order valence-corrected chi connectivity index (χ0v) is 16.6.